The summed E-state index contributed by atoms with van der Waals surface area (Å²) in [5, 5.41) is 0.309. The van der Waals surface area contributed by atoms with E-state index in [2.05, 4.69) is 0 Å². The van der Waals surface area contributed by atoms with Gasteiger partial charge in [-0.25, -0.2) is 8.42 Å². The predicted octanol–water partition coefficient (Wildman–Crippen LogP) is 4.76. The summed E-state index contributed by atoms with van der Waals surface area (Å²) in [5.74, 6) is 0.499. The lowest BCUT2D eigenvalue weighted by molar-refractivity contribution is 0.415. The molecule has 0 unspecified atom stereocenters. The van der Waals surface area contributed by atoms with Gasteiger partial charge in [-0.2, -0.15) is 0 Å². The van der Waals surface area contributed by atoms with E-state index >= 15 is 0 Å². The molecule has 164 valence electrons. The molecule has 0 aliphatic heterocycles. The van der Waals surface area contributed by atoms with Gasteiger partial charge < -0.3 is 9.30 Å². The van der Waals surface area contributed by atoms with Crippen molar-refractivity contribution in [2.24, 2.45) is 0 Å². The van der Waals surface area contributed by atoms with Crippen molar-refractivity contribution in [3.05, 3.63) is 99.8 Å². The molecule has 4 rings (SSSR count). The van der Waals surface area contributed by atoms with E-state index in [0.29, 0.717) is 23.2 Å². The second-order valence-electron chi connectivity index (χ2n) is 7.82. The second kappa shape index (κ2) is 8.63. The highest BCUT2D eigenvalue weighted by Gasteiger charge is 2.24. The van der Waals surface area contributed by atoms with Gasteiger partial charge in [-0.1, -0.05) is 48.9 Å². The lowest BCUT2D eigenvalue weighted by Gasteiger charge is -2.15. The lowest BCUT2D eigenvalue weighted by Crippen LogP contribution is -2.19. The van der Waals surface area contributed by atoms with Gasteiger partial charge in [-0.15, -0.1) is 0 Å². The average molecular weight is 448 g/mol. The molecule has 0 saturated carbocycles. The van der Waals surface area contributed by atoms with E-state index in [1.165, 1.54) is 13.3 Å². The van der Waals surface area contributed by atoms with Crippen LogP contribution >= 0.6 is 0 Å². The number of fused-ring (bicyclic) bond motifs is 1. The van der Waals surface area contributed by atoms with Crippen LogP contribution in [0.25, 0.3) is 10.9 Å². The van der Waals surface area contributed by atoms with Crippen molar-refractivity contribution in [3.63, 3.8) is 0 Å². The molecule has 0 fully saturated rings. The van der Waals surface area contributed by atoms with E-state index < -0.39 is 15.3 Å². The Labute approximate surface area is 187 Å². The van der Waals surface area contributed by atoms with Gasteiger partial charge in [0.2, 0.25) is 15.3 Å². The number of aromatic nitrogens is 1. The van der Waals surface area contributed by atoms with Gasteiger partial charge in [-0.05, 0) is 54.8 Å². The SMILES string of the molecule is CCc1ccc(S(=O)(=O)c2cn(Cc3cccc(C)c3)c3ccc(OC)cc3c2=O)cc1. The van der Waals surface area contributed by atoms with Crippen LogP contribution < -0.4 is 10.2 Å². The van der Waals surface area contributed by atoms with Gasteiger partial charge in [0.1, 0.15) is 10.6 Å². The first-order valence-corrected chi connectivity index (χ1v) is 11.9. The van der Waals surface area contributed by atoms with E-state index in [9.17, 15) is 13.2 Å². The maximum absolute atomic E-state index is 13.5. The second-order valence-corrected chi connectivity index (χ2v) is 9.74. The quantitative estimate of drug-likeness (QED) is 0.427. The molecule has 32 heavy (non-hydrogen) atoms. The third-order valence-corrected chi connectivity index (χ3v) is 7.38. The van der Waals surface area contributed by atoms with Crippen LogP contribution in [0.5, 0.6) is 5.75 Å². The van der Waals surface area contributed by atoms with E-state index in [4.69, 9.17) is 4.74 Å². The highest BCUT2D eigenvalue weighted by Crippen LogP contribution is 2.25. The standard InChI is InChI=1S/C26H25NO4S/c1-4-19-8-11-22(12-9-19)32(29,30)25-17-27(16-20-7-5-6-18(2)14-20)24-13-10-21(31-3)15-23(24)26(25)28/h5-15,17H,4,16H2,1-3H3. The van der Waals surface area contributed by atoms with Gasteiger partial charge in [0.25, 0.3) is 0 Å². The molecule has 1 heterocycles. The first-order chi connectivity index (χ1) is 15.3. The number of methoxy groups -OCH3 is 1. The molecule has 4 aromatic rings. The topological polar surface area (TPSA) is 65.4 Å². The summed E-state index contributed by atoms with van der Waals surface area (Å²) < 4.78 is 34.0. The highest BCUT2D eigenvalue weighted by molar-refractivity contribution is 7.91. The molecular weight excluding hydrogens is 422 g/mol. The minimum atomic E-state index is -4.00. The number of pyridine rings is 1. The molecule has 3 aromatic carbocycles. The van der Waals surface area contributed by atoms with Crippen LogP contribution in [0.1, 0.15) is 23.6 Å². The molecule has 1 aromatic heterocycles. The van der Waals surface area contributed by atoms with Crippen LogP contribution in [-0.4, -0.2) is 20.1 Å². The third-order valence-electron chi connectivity index (χ3n) is 5.62. The molecule has 0 atom stereocenters. The Morgan fingerprint density at radius 2 is 1.69 bits per heavy atom. The van der Waals surface area contributed by atoms with Crippen LogP contribution in [-0.2, 0) is 22.8 Å². The Morgan fingerprint density at radius 3 is 2.34 bits per heavy atom. The van der Waals surface area contributed by atoms with Crippen molar-refractivity contribution in [3.8, 4) is 5.75 Å². The number of nitrogens with zero attached hydrogens (tertiary/aromatic N) is 1. The van der Waals surface area contributed by atoms with Crippen LogP contribution in [0.3, 0.4) is 0 Å². The predicted molar refractivity (Wildman–Crippen MR) is 126 cm³/mol. The fourth-order valence-electron chi connectivity index (χ4n) is 3.84. The Balaban J connectivity index is 1.95. The fourth-order valence-corrected chi connectivity index (χ4v) is 5.21. The summed E-state index contributed by atoms with van der Waals surface area (Å²) in [7, 11) is -2.49. The molecule has 0 radical (unpaired) electrons. The van der Waals surface area contributed by atoms with Crippen LogP contribution in [0.15, 0.2) is 87.5 Å². The molecule has 5 nitrogen and oxygen atoms in total. The summed E-state index contributed by atoms with van der Waals surface area (Å²) in [6, 6.07) is 19.9. The van der Waals surface area contributed by atoms with Crippen molar-refractivity contribution in [1.82, 2.24) is 4.57 Å². The fraction of sp³-hybridized carbons (Fsp3) is 0.192. The van der Waals surface area contributed by atoms with Gasteiger partial charge in [0.05, 0.1) is 22.9 Å². The monoisotopic (exact) mass is 447 g/mol. The minimum Gasteiger partial charge on any atom is -0.497 e. The smallest absolute Gasteiger partial charge is 0.211 e. The number of hydrogen-bond donors (Lipinski definition) is 0. The molecule has 0 bridgehead atoms. The zero-order valence-corrected chi connectivity index (χ0v) is 19.1. The molecule has 0 aliphatic rings. The molecule has 0 amide bonds. The molecule has 0 spiro atoms. The van der Waals surface area contributed by atoms with Gasteiger partial charge in [0.15, 0.2) is 0 Å². The van der Waals surface area contributed by atoms with Crippen molar-refractivity contribution in [2.45, 2.75) is 36.6 Å². The van der Waals surface area contributed by atoms with Gasteiger partial charge in [0, 0.05) is 12.7 Å². The van der Waals surface area contributed by atoms with E-state index in [1.807, 2.05) is 42.7 Å². The maximum Gasteiger partial charge on any atom is 0.211 e. The molecule has 0 N–H and O–H groups in total. The van der Waals surface area contributed by atoms with Crippen molar-refractivity contribution in [2.75, 3.05) is 7.11 Å². The molecular formula is C26H25NO4S. The van der Waals surface area contributed by atoms with Gasteiger partial charge in [-0.3, -0.25) is 4.79 Å². The number of hydrogen-bond acceptors (Lipinski definition) is 4. The number of sulfone groups is 1. The van der Waals surface area contributed by atoms with Crippen molar-refractivity contribution < 1.29 is 13.2 Å². The normalized spacial score (nSPS) is 11.6. The summed E-state index contributed by atoms with van der Waals surface area (Å²) in [6.07, 6.45) is 2.27. The number of benzene rings is 3. The average Bonchev–Trinajstić information content (AvgIpc) is 2.80. The first kappa shape index (κ1) is 21.8. The summed E-state index contributed by atoms with van der Waals surface area (Å²) in [6.45, 7) is 4.44. The summed E-state index contributed by atoms with van der Waals surface area (Å²) >= 11 is 0. The Morgan fingerprint density at radius 1 is 0.938 bits per heavy atom. The maximum atomic E-state index is 13.5. The Kier molecular flexibility index (Phi) is 5.89. The zero-order valence-electron chi connectivity index (χ0n) is 18.3. The van der Waals surface area contributed by atoms with Crippen molar-refractivity contribution in [1.29, 1.82) is 0 Å². The number of ether oxygens (including phenoxy) is 1. The van der Waals surface area contributed by atoms with E-state index in [-0.39, 0.29) is 9.79 Å². The third kappa shape index (κ3) is 4.06. The number of aryl methyl sites for hydroxylation is 2. The van der Waals surface area contributed by atoms with Crippen molar-refractivity contribution >= 4 is 20.7 Å². The Bertz CT molecular complexity index is 1450. The van der Waals surface area contributed by atoms with Crippen LogP contribution in [0, 0.1) is 6.92 Å². The zero-order chi connectivity index (χ0) is 22.9. The minimum absolute atomic E-state index is 0.108. The van der Waals surface area contributed by atoms with Crippen LogP contribution in [0.4, 0.5) is 0 Å². The summed E-state index contributed by atoms with van der Waals surface area (Å²) in [4.78, 5) is 13.2. The Hall–Kier alpha value is -3.38. The molecule has 0 aliphatic carbocycles. The summed E-state index contributed by atoms with van der Waals surface area (Å²) in [5.41, 5.74) is 3.28. The largest absolute Gasteiger partial charge is 0.497 e. The highest BCUT2D eigenvalue weighted by atomic mass is 32.2. The molecule has 0 saturated heterocycles. The first-order valence-electron chi connectivity index (χ1n) is 10.4. The van der Waals surface area contributed by atoms with Gasteiger partial charge >= 0.3 is 0 Å². The van der Waals surface area contributed by atoms with E-state index in [0.717, 1.165) is 23.1 Å². The molecule has 6 heteroatoms. The lowest BCUT2D eigenvalue weighted by atomic mass is 10.1. The van der Waals surface area contributed by atoms with E-state index in [1.54, 1.807) is 42.5 Å². The number of rotatable bonds is 6. The van der Waals surface area contributed by atoms with Crippen LogP contribution in [0.2, 0.25) is 0 Å².